The number of esters is 2. The van der Waals surface area contributed by atoms with Gasteiger partial charge in [0.1, 0.15) is 5.75 Å². The van der Waals surface area contributed by atoms with E-state index in [1.165, 1.54) is 18.7 Å². The summed E-state index contributed by atoms with van der Waals surface area (Å²) in [5.41, 5.74) is 0.320. The standard InChI is InChI=1S/C17H16O4S/c1-10(2)17(19)21-16-13-8-6-5-7-12(13)14(20-11(3)18)9-15(16)22-4/h5-9H,1H2,2-4H3. The summed E-state index contributed by atoms with van der Waals surface area (Å²) < 4.78 is 10.7. The SMILES string of the molecule is C=C(C)C(=O)Oc1c(SC)cc(OC(C)=O)c2ccccc12. The summed E-state index contributed by atoms with van der Waals surface area (Å²) in [4.78, 5) is 23.9. The highest BCUT2D eigenvalue weighted by Gasteiger charge is 2.17. The van der Waals surface area contributed by atoms with E-state index >= 15 is 0 Å². The Bertz CT molecular complexity index is 765. The van der Waals surface area contributed by atoms with Gasteiger partial charge < -0.3 is 9.47 Å². The minimum absolute atomic E-state index is 0.320. The number of hydrogen-bond donors (Lipinski definition) is 0. The molecule has 0 atom stereocenters. The van der Waals surface area contributed by atoms with Crippen molar-refractivity contribution in [1.82, 2.24) is 0 Å². The van der Waals surface area contributed by atoms with Gasteiger partial charge in [-0.15, -0.1) is 11.8 Å². The van der Waals surface area contributed by atoms with Crippen molar-refractivity contribution < 1.29 is 19.1 Å². The first-order valence-corrected chi connectivity index (χ1v) is 7.82. The number of fused-ring (bicyclic) bond motifs is 1. The first-order chi connectivity index (χ1) is 10.4. The fourth-order valence-corrected chi connectivity index (χ4v) is 2.53. The van der Waals surface area contributed by atoms with Gasteiger partial charge in [0, 0.05) is 23.3 Å². The lowest BCUT2D eigenvalue weighted by Gasteiger charge is -2.15. The van der Waals surface area contributed by atoms with Gasteiger partial charge in [-0.05, 0) is 19.2 Å². The molecular formula is C17H16O4S. The van der Waals surface area contributed by atoms with Crippen LogP contribution in [0.1, 0.15) is 13.8 Å². The number of rotatable bonds is 4. The van der Waals surface area contributed by atoms with E-state index in [0.717, 1.165) is 0 Å². The molecule has 4 nitrogen and oxygen atoms in total. The van der Waals surface area contributed by atoms with Crippen LogP contribution in [0.25, 0.3) is 10.8 Å². The Morgan fingerprint density at radius 2 is 1.73 bits per heavy atom. The second kappa shape index (κ2) is 6.66. The molecule has 22 heavy (non-hydrogen) atoms. The van der Waals surface area contributed by atoms with Crippen LogP contribution in [0, 0.1) is 0 Å². The zero-order chi connectivity index (χ0) is 16.3. The Labute approximate surface area is 133 Å². The van der Waals surface area contributed by atoms with Gasteiger partial charge in [0.2, 0.25) is 0 Å². The molecule has 0 spiro atoms. The fraction of sp³-hybridized carbons (Fsp3) is 0.176. The lowest BCUT2D eigenvalue weighted by Crippen LogP contribution is -2.10. The number of thioether (sulfide) groups is 1. The molecule has 2 aromatic rings. The van der Waals surface area contributed by atoms with Gasteiger partial charge in [-0.2, -0.15) is 0 Å². The van der Waals surface area contributed by atoms with Crippen LogP contribution in [0.3, 0.4) is 0 Å². The van der Waals surface area contributed by atoms with Gasteiger partial charge in [0.05, 0.1) is 4.90 Å². The van der Waals surface area contributed by atoms with Crippen molar-refractivity contribution in [3.8, 4) is 11.5 Å². The molecule has 0 saturated heterocycles. The van der Waals surface area contributed by atoms with Gasteiger partial charge in [-0.3, -0.25) is 4.79 Å². The predicted octanol–water partition coefficient (Wildman–Crippen LogP) is 3.97. The second-order valence-corrected chi connectivity index (χ2v) is 5.56. The molecule has 2 aromatic carbocycles. The van der Waals surface area contributed by atoms with Gasteiger partial charge in [0.25, 0.3) is 0 Å². The highest BCUT2D eigenvalue weighted by atomic mass is 32.2. The highest BCUT2D eigenvalue weighted by molar-refractivity contribution is 7.98. The third-order valence-corrected chi connectivity index (χ3v) is 3.68. The quantitative estimate of drug-likeness (QED) is 0.370. The van der Waals surface area contributed by atoms with E-state index in [1.807, 2.05) is 30.5 Å². The molecule has 0 amide bonds. The molecule has 114 valence electrons. The molecule has 5 heteroatoms. The average molecular weight is 316 g/mol. The maximum atomic E-state index is 11.9. The Kier molecular flexibility index (Phi) is 4.88. The molecule has 0 saturated carbocycles. The van der Waals surface area contributed by atoms with Crippen LogP contribution < -0.4 is 9.47 Å². The van der Waals surface area contributed by atoms with Crippen LogP contribution in [0.5, 0.6) is 11.5 Å². The number of carbonyl (C=O) groups excluding carboxylic acids is 2. The van der Waals surface area contributed by atoms with E-state index in [0.29, 0.717) is 32.7 Å². The van der Waals surface area contributed by atoms with Crippen molar-refractivity contribution in [3.63, 3.8) is 0 Å². The van der Waals surface area contributed by atoms with E-state index in [-0.39, 0.29) is 0 Å². The fourth-order valence-electron chi connectivity index (χ4n) is 1.97. The minimum atomic E-state index is -0.485. The lowest BCUT2D eigenvalue weighted by molar-refractivity contribution is -0.132. The van der Waals surface area contributed by atoms with Gasteiger partial charge in [-0.1, -0.05) is 30.8 Å². The second-order valence-electron chi connectivity index (χ2n) is 4.72. The molecule has 0 aliphatic heterocycles. The van der Waals surface area contributed by atoms with Crippen LogP contribution in [-0.2, 0) is 9.59 Å². The number of hydrogen-bond acceptors (Lipinski definition) is 5. The van der Waals surface area contributed by atoms with Crippen LogP contribution >= 0.6 is 11.8 Å². The third-order valence-electron chi connectivity index (χ3n) is 2.94. The summed E-state index contributed by atoms with van der Waals surface area (Å²) in [6, 6.07) is 9.01. The molecule has 0 radical (unpaired) electrons. The minimum Gasteiger partial charge on any atom is -0.426 e. The van der Waals surface area contributed by atoms with E-state index in [9.17, 15) is 9.59 Å². The highest BCUT2D eigenvalue weighted by Crippen LogP contribution is 2.41. The van der Waals surface area contributed by atoms with Crippen molar-refractivity contribution in [2.45, 2.75) is 18.7 Å². The first kappa shape index (κ1) is 16.1. The van der Waals surface area contributed by atoms with E-state index in [4.69, 9.17) is 9.47 Å². The Hall–Kier alpha value is -2.27. The molecule has 2 rings (SSSR count). The molecule has 0 aliphatic rings. The summed E-state index contributed by atoms with van der Waals surface area (Å²) in [5.74, 6) is 0.0131. The lowest BCUT2D eigenvalue weighted by atomic mass is 10.1. The number of ether oxygens (including phenoxy) is 2. The predicted molar refractivity (Wildman–Crippen MR) is 87.5 cm³/mol. The molecule has 0 bridgehead atoms. The zero-order valence-electron chi connectivity index (χ0n) is 12.6. The Balaban J connectivity index is 2.67. The van der Waals surface area contributed by atoms with Gasteiger partial charge in [0.15, 0.2) is 5.75 Å². The topological polar surface area (TPSA) is 52.6 Å². The smallest absolute Gasteiger partial charge is 0.338 e. The van der Waals surface area contributed by atoms with Crippen molar-refractivity contribution in [2.24, 2.45) is 0 Å². The van der Waals surface area contributed by atoms with E-state index in [1.54, 1.807) is 13.0 Å². The maximum Gasteiger partial charge on any atom is 0.338 e. The van der Waals surface area contributed by atoms with Crippen molar-refractivity contribution >= 4 is 34.5 Å². The van der Waals surface area contributed by atoms with Gasteiger partial charge in [-0.25, -0.2) is 4.79 Å². The zero-order valence-corrected chi connectivity index (χ0v) is 13.5. The summed E-state index contributed by atoms with van der Waals surface area (Å²) in [7, 11) is 0. The Morgan fingerprint density at radius 3 is 2.27 bits per heavy atom. The van der Waals surface area contributed by atoms with Crippen molar-refractivity contribution in [3.05, 3.63) is 42.5 Å². The number of benzene rings is 2. The van der Waals surface area contributed by atoms with Crippen LogP contribution in [0.15, 0.2) is 47.4 Å². The molecule has 0 heterocycles. The summed E-state index contributed by atoms with van der Waals surface area (Å²) in [6.45, 7) is 6.54. The van der Waals surface area contributed by atoms with Crippen LogP contribution in [0.4, 0.5) is 0 Å². The van der Waals surface area contributed by atoms with Crippen LogP contribution in [0.2, 0.25) is 0 Å². The summed E-state index contributed by atoms with van der Waals surface area (Å²) >= 11 is 1.41. The molecule has 0 aliphatic carbocycles. The molecule has 0 aromatic heterocycles. The van der Waals surface area contributed by atoms with E-state index in [2.05, 4.69) is 6.58 Å². The monoisotopic (exact) mass is 316 g/mol. The van der Waals surface area contributed by atoms with E-state index < -0.39 is 11.9 Å². The summed E-state index contributed by atoms with van der Waals surface area (Å²) in [6.07, 6.45) is 1.86. The normalized spacial score (nSPS) is 10.3. The summed E-state index contributed by atoms with van der Waals surface area (Å²) in [5, 5.41) is 1.42. The largest absolute Gasteiger partial charge is 0.426 e. The van der Waals surface area contributed by atoms with Crippen molar-refractivity contribution in [2.75, 3.05) is 6.26 Å². The average Bonchev–Trinajstić information content (AvgIpc) is 2.48. The molecular weight excluding hydrogens is 300 g/mol. The third kappa shape index (κ3) is 3.31. The first-order valence-electron chi connectivity index (χ1n) is 6.60. The van der Waals surface area contributed by atoms with Gasteiger partial charge >= 0.3 is 11.9 Å². The Morgan fingerprint density at radius 1 is 1.09 bits per heavy atom. The van der Waals surface area contributed by atoms with Crippen LogP contribution in [-0.4, -0.2) is 18.2 Å². The number of carbonyl (C=O) groups is 2. The molecule has 0 fully saturated rings. The maximum absolute atomic E-state index is 11.9. The van der Waals surface area contributed by atoms with Crippen molar-refractivity contribution in [1.29, 1.82) is 0 Å². The molecule has 0 N–H and O–H groups in total. The molecule has 0 unspecified atom stereocenters.